The molecular formula is C18H15F3N2O2. The number of hydrogen-bond donors (Lipinski definition) is 2. The van der Waals surface area contributed by atoms with Crippen molar-refractivity contribution >= 4 is 22.5 Å². The summed E-state index contributed by atoms with van der Waals surface area (Å²) in [4.78, 5) is 15.6. The van der Waals surface area contributed by atoms with Crippen molar-refractivity contribution in [2.75, 3.05) is 5.32 Å². The molecule has 0 unspecified atom stereocenters. The molecule has 0 fully saturated rings. The lowest BCUT2D eigenvalue weighted by atomic mass is 10.1. The van der Waals surface area contributed by atoms with Crippen LogP contribution in [0.25, 0.3) is 10.9 Å². The molecule has 0 aliphatic carbocycles. The molecule has 1 aromatic heterocycles. The van der Waals surface area contributed by atoms with Crippen molar-refractivity contribution in [2.24, 2.45) is 0 Å². The minimum Gasteiger partial charge on any atom is -0.406 e. The number of aryl methyl sites for hydroxylation is 2. The predicted molar refractivity (Wildman–Crippen MR) is 88.9 cm³/mol. The second kappa shape index (κ2) is 6.16. The van der Waals surface area contributed by atoms with E-state index in [2.05, 4.69) is 15.0 Å². The number of hydrogen-bond acceptors (Lipinski definition) is 2. The molecule has 7 heteroatoms. The highest BCUT2D eigenvalue weighted by Crippen LogP contribution is 2.25. The number of rotatable bonds is 3. The number of carbonyl (C=O) groups is 1. The average Bonchev–Trinajstić information content (AvgIpc) is 2.82. The normalized spacial score (nSPS) is 11.6. The molecule has 0 radical (unpaired) electrons. The van der Waals surface area contributed by atoms with E-state index >= 15 is 0 Å². The Morgan fingerprint density at radius 1 is 1.08 bits per heavy atom. The third-order valence-corrected chi connectivity index (χ3v) is 3.92. The molecule has 0 saturated heterocycles. The Morgan fingerprint density at radius 2 is 1.76 bits per heavy atom. The minimum atomic E-state index is -4.74. The van der Waals surface area contributed by atoms with E-state index in [0.29, 0.717) is 11.3 Å². The Hall–Kier alpha value is -2.96. The third kappa shape index (κ3) is 3.76. The van der Waals surface area contributed by atoms with Gasteiger partial charge in [0.15, 0.2) is 0 Å². The molecule has 25 heavy (non-hydrogen) atoms. The van der Waals surface area contributed by atoms with Crippen molar-refractivity contribution in [1.82, 2.24) is 4.98 Å². The van der Waals surface area contributed by atoms with Gasteiger partial charge in [-0.15, -0.1) is 13.2 Å². The summed E-state index contributed by atoms with van der Waals surface area (Å²) >= 11 is 0. The van der Waals surface area contributed by atoms with E-state index in [1.54, 1.807) is 12.1 Å². The Morgan fingerprint density at radius 3 is 2.40 bits per heavy atom. The van der Waals surface area contributed by atoms with Crippen molar-refractivity contribution in [3.63, 3.8) is 0 Å². The van der Waals surface area contributed by atoms with E-state index in [9.17, 15) is 18.0 Å². The number of anilines is 1. The van der Waals surface area contributed by atoms with E-state index in [-0.39, 0.29) is 11.7 Å². The molecule has 0 spiro atoms. The van der Waals surface area contributed by atoms with Crippen LogP contribution in [-0.2, 0) is 0 Å². The predicted octanol–water partition coefficient (Wildman–Crippen LogP) is 4.94. The molecule has 2 aromatic carbocycles. The number of benzene rings is 2. The second-order valence-corrected chi connectivity index (χ2v) is 5.66. The Kier molecular flexibility index (Phi) is 4.16. The number of H-pyrrole nitrogens is 1. The highest BCUT2D eigenvalue weighted by Gasteiger charge is 2.30. The first-order valence-corrected chi connectivity index (χ1v) is 7.49. The molecule has 0 bridgehead atoms. The van der Waals surface area contributed by atoms with Gasteiger partial charge in [0.1, 0.15) is 5.75 Å². The van der Waals surface area contributed by atoms with Crippen molar-refractivity contribution in [1.29, 1.82) is 0 Å². The number of aromatic nitrogens is 1. The fourth-order valence-electron chi connectivity index (χ4n) is 2.55. The molecule has 1 heterocycles. The summed E-state index contributed by atoms with van der Waals surface area (Å²) in [5, 5.41) is 3.61. The van der Waals surface area contributed by atoms with Crippen LogP contribution in [0.1, 0.15) is 21.6 Å². The van der Waals surface area contributed by atoms with Crippen LogP contribution < -0.4 is 10.1 Å². The molecule has 0 aliphatic heterocycles. The van der Waals surface area contributed by atoms with Crippen LogP contribution in [0.2, 0.25) is 0 Å². The van der Waals surface area contributed by atoms with Gasteiger partial charge >= 0.3 is 6.36 Å². The maximum atomic E-state index is 12.4. The molecule has 3 aromatic rings. The first-order chi connectivity index (χ1) is 11.7. The summed E-state index contributed by atoms with van der Waals surface area (Å²) in [5.74, 6) is -0.685. The lowest BCUT2D eigenvalue weighted by molar-refractivity contribution is -0.274. The molecule has 130 valence electrons. The number of ether oxygens (including phenoxy) is 1. The van der Waals surface area contributed by atoms with Crippen LogP contribution in [0, 0.1) is 13.8 Å². The van der Waals surface area contributed by atoms with Crippen molar-refractivity contribution < 1.29 is 22.7 Å². The van der Waals surface area contributed by atoms with Gasteiger partial charge in [-0.1, -0.05) is 0 Å². The van der Waals surface area contributed by atoms with Crippen LogP contribution in [0.5, 0.6) is 5.75 Å². The quantitative estimate of drug-likeness (QED) is 0.705. The van der Waals surface area contributed by atoms with E-state index in [1.807, 2.05) is 19.9 Å². The maximum absolute atomic E-state index is 12.4. The van der Waals surface area contributed by atoms with Crippen molar-refractivity contribution in [2.45, 2.75) is 20.2 Å². The zero-order valence-electron chi connectivity index (χ0n) is 13.5. The van der Waals surface area contributed by atoms with Crippen molar-refractivity contribution in [3.05, 3.63) is 59.3 Å². The fraction of sp³-hybridized carbons (Fsp3) is 0.167. The van der Waals surface area contributed by atoms with Gasteiger partial charge in [-0.3, -0.25) is 4.79 Å². The van der Waals surface area contributed by atoms with Gasteiger partial charge < -0.3 is 15.0 Å². The second-order valence-electron chi connectivity index (χ2n) is 5.66. The van der Waals surface area contributed by atoms with Gasteiger partial charge in [0.25, 0.3) is 5.91 Å². The molecule has 0 aliphatic rings. The summed E-state index contributed by atoms with van der Waals surface area (Å²) in [6.07, 6.45) is -4.74. The number of alkyl halides is 3. The topological polar surface area (TPSA) is 54.1 Å². The number of fused-ring (bicyclic) bond motifs is 1. The van der Waals surface area contributed by atoms with E-state index < -0.39 is 6.36 Å². The lowest BCUT2D eigenvalue weighted by Crippen LogP contribution is -2.17. The largest absolute Gasteiger partial charge is 0.573 e. The Bertz CT molecular complexity index is 928. The minimum absolute atomic E-state index is 0.342. The average molecular weight is 348 g/mol. The third-order valence-electron chi connectivity index (χ3n) is 3.92. The summed E-state index contributed by atoms with van der Waals surface area (Å²) in [7, 11) is 0. The molecule has 4 nitrogen and oxygen atoms in total. The van der Waals surface area contributed by atoms with Gasteiger partial charge in [0.2, 0.25) is 0 Å². The molecule has 0 saturated carbocycles. The van der Waals surface area contributed by atoms with Crippen LogP contribution in [0.3, 0.4) is 0 Å². The standard InChI is InChI=1S/C18H15F3N2O2/c1-10-11(2)22-16-8-3-12(9-15(10)16)17(24)23-13-4-6-14(7-5-13)25-18(19,20)21/h3-9,22H,1-2H3,(H,23,24). The summed E-state index contributed by atoms with van der Waals surface area (Å²) < 4.78 is 40.2. The van der Waals surface area contributed by atoms with Gasteiger partial charge in [-0.25, -0.2) is 0 Å². The van der Waals surface area contributed by atoms with Crippen LogP contribution in [0.4, 0.5) is 18.9 Å². The fourth-order valence-corrected chi connectivity index (χ4v) is 2.55. The molecule has 0 atom stereocenters. The first kappa shape index (κ1) is 16.9. The number of carbonyl (C=O) groups excluding carboxylic acids is 1. The Balaban J connectivity index is 1.77. The molecule has 1 amide bonds. The SMILES string of the molecule is Cc1[nH]c2ccc(C(=O)Nc3ccc(OC(F)(F)F)cc3)cc2c1C. The summed E-state index contributed by atoms with van der Waals surface area (Å²) in [5.41, 5.74) is 3.89. The maximum Gasteiger partial charge on any atom is 0.573 e. The van der Waals surface area contributed by atoms with Gasteiger partial charge in [-0.2, -0.15) is 0 Å². The first-order valence-electron chi connectivity index (χ1n) is 7.49. The molecule has 3 rings (SSSR count). The number of halogens is 3. The highest BCUT2D eigenvalue weighted by atomic mass is 19.4. The number of amides is 1. The number of aromatic amines is 1. The smallest absolute Gasteiger partial charge is 0.406 e. The summed E-state index contributed by atoms with van der Waals surface area (Å²) in [6, 6.07) is 10.3. The lowest BCUT2D eigenvalue weighted by Gasteiger charge is -2.10. The summed E-state index contributed by atoms with van der Waals surface area (Å²) in [6.45, 7) is 3.93. The van der Waals surface area contributed by atoms with E-state index in [0.717, 1.165) is 34.3 Å². The van der Waals surface area contributed by atoms with Crippen LogP contribution in [-0.4, -0.2) is 17.3 Å². The van der Waals surface area contributed by atoms with Gasteiger partial charge in [-0.05, 0) is 61.9 Å². The highest BCUT2D eigenvalue weighted by molar-refractivity contribution is 6.06. The molecule has 2 N–H and O–H groups in total. The van der Waals surface area contributed by atoms with E-state index in [4.69, 9.17) is 0 Å². The monoisotopic (exact) mass is 348 g/mol. The van der Waals surface area contributed by atoms with Crippen LogP contribution >= 0.6 is 0 Å². The van der Waals surface area contributed by atoms with E-state index in [1.165, 1.54) is 12.1 Å². The zero-order valence-corrected chi connectivity index (χ0v) is 13.5. The van der Waals surface area contributed by atoms with Crippen LogP contribution in [0.15, 0.2) is 42.5 Å². The Labute approximate surface area is 141 Å². The molecular weight excluding hydrogens is 333 g/mol. The zero-order chi connectivity index (χ0) is 18.2. The van der Waals surface area contributed by atoms with Gasteiger partial charge in [0.05, 0.1) is 0 Å². The van der Waals surface area contributed by atoms with Gasteiger partial charge in [0, 0.05) is 27.8 Å². The van der Waals surface area contributed by atoms with Crippen molar-refractivity contribution in [3.8, 4) is 5.75 Å². The number of nitrogens with one attached hydrogen (secondary N) is 2.